The summed E-state index contributed by atoms with van der Waals surface area (Å²) in [5.74, 6) is -0.204. The molecule has 0 saturated heterocycles. The minimum atomic E-state index is -0.204. The van der Waals surface area contributed by atoms with Crippen LogP contribution in [0.25, 0.3) is 4.85 Å². The molecule has 15 heavy (non-hydrogen) atoms. The molecule has 0 atom stereocenters. The Balaban J connectivity index is 2.90. The molecular formula is C12H12N2O. The van der Waals surface area contributed by atoms with E-state index in [-0.39, 0.29) is 5.91 Å². The third kappa shape index (κ3) is 2.68. The highest BCUT2D eigenvalue weighted by molar-refractivity contribution is 6.02. The Hall–Kier alpha value is -2.08. The van der Waals surface area contributed by atoms with Gasteiger partial charge in [-0.05, 0) is 31.5 Å². The van der Waals surface area contributed by atoms with Gasteiger partial charge in [-0.3, -0.25) is 4.79 Å². The lowest BCUT2D eigenvalue weighted by molar-refractivity contribution is -0.112. The van der Waals surface area contributed by atoms with Crippen molar-refractivity contribution >= 4 is 17.3 Å². The minimum absolute atomic E-state index is 0.204. The molecule has 1 N–H and O–H groups in total. The molecule has 76 valence electrons. The molecule has 0 fully saturated rings. The van der Waals surface area contributed by atoms with E-state index >= 15 is 0 Å². The van der Waals surface area contributed by atoms with Crippen LogP contribution in [-0.4, -0.2) is 5.91 Å². The fourth-order valence-electron chi connectivity index (χ4n) is 1.10. The fourth-order valence-corrected chi connectivity index (χ4v) is 1.10. The molecule has 0 spiro atoms. The molecule has 0 aromatic heterocycles. The lowest BCUT2D eigenvalue weighted by Crippen LogP contribution is -2.11. The minimum Gasteiger partial charge on any atom is -0.322 e. The average molecular weight is 200 g/mol. The number of anilines is 1. The first-order valence-corrected chi connectivity index (χ1v) is 4.49. The van der Waals surface area contributed by atoms with E-state index in [0.29, 0.717) is 16.9 Å². The van der Waals surface area contributed by atoms with Crippen molar-refractivity contribution in [3.05, 3.63) is 47.3 Å². The number of nitrogens with one attached hydrogen (secondary N) is 1. The highest BCUT2D eigenvalue weighted by atomic mass is 16.1. The van der Waals surface area contributed by atoms with Crippen molar-refractivity contribution in [3.63, 3.8) is 0 Å². The fraction of sp³-hybridized carbons (Fsp3) is 0.167. The summed E-state index contributed by atoms with van der Waals surface area (Å²) in [6.45, 7) is 13.9. The summed E-state index contributed by atoms with van der Waals surface area (Å²) in [5, 5.41) is 2.69. The summed E-state index contributed by atoms with van der Waals surface area (Å²) >= 11 is 0. The summed E-state index contributed by atoms with van der Waals surface area (Å²) in [6, 6.07) is 5.17. The standard InChI is InChI=1S/C12H12N2O/c1-8(2)12(15)14-10-5-6-11(13-4)9(3)7-10/h5-7H,1H2,2-3H3,(H,14,15). The number of rotatable bonds is 2. The highest BCUT2D eigenvalue weighted by Crippen LogP contribution is 2.22. The number of aryl methyl sites for hydroxylation is 1. The maximum absolute atomic E-state index is 11.3. The monoisotopic (exact) mass is 200 g/mol. The van der Waals surface area contributed by atoms with Crippen LogP contribution in [0.2, 0.25) is 0 Å². The summed E-state index contributed by atoms with van der Waals surface area (Å²) < 4.78 is 0. The number of hydrogen-bond donors (Lipinski definition) is 1. The first-order valence-electron chi connectivity index (χ1n) is 4.49. The average Bonchev–Trinajstić information content (AvgIpc) is 2.18. The van der Waals surface area contributed by atoms with Crippen molar-refractivity contribution in [2.75, 3.05) is 5.32 Å². The van der Waals surface area contributed by atoms with E-state index in [1.165, 1.54) is 0 Å². The molecule has 1 aromatic rings. The zero-order valence-electron chi connectivity index (χ0n) is 8.79. The van der Waals surface area contributed by atoms with E-state index in [2.05, 4.69) is 16.7 Å². The molecule has 3 heteroatoms. The predicted octanol–water partition coefficient (Wildman–Crippen LogP) is 3.06. The van der Waals surface area contributed by atoms with Gasteiger partial charge in [0.1, 0.15) is 0 Å². The van der Waals surface area contributed by atoms with E-state index in [9.17, 15) is 4.79 Å². The smallest absolute Gasteiger partial charge is 0.250 e. The molecule has 3 nitrogen and oxygen atoms in total. The second-order valence-electron chi connectivity index (χ2n) is 3.35. The lowest BCUT2D eigenvalue weighted by atomic mass is 10.2. The van der Waals surface area contributed by atoms with Crippen molar-refractivity contribution in [3.8, 4) is 0 Å². The van der Waals surface area contributed by atoms with Crippen LogP contribution in [0.4, 0.5) is 11.4 Å². The van der Waals surface area contributed by atoms with E-state index < -0.39 is 0 Å². The summed E-state index contributed by atoms with van der Waals surface area (Å²) in [6.07, 6.45) is 0. The topological polar surface area (TPSA) is 33.5 Å². The van der Waals surface area contributed by atoms with Gasteiger partial charge in [0.2, 0.25) is 0 Å². The molecule has 0 saturated carbocycles. The van der Waals surface area contributed by atoms with Gasteiger partial charge < -0.3 is 5.32 Å². The zero-order chi connectivity index (χ0) is 11.4. The molecule has 0 aliphatic carbocycles. The van der Waals surface area contributed by atoms with Gasteiger partial charge in [-0.25, -0.2) is 4.85 Å². The van der Waals surface area contributed by atoms with Gasteiger partial charge in [-0.15, -0.1) is 0 Å². The molecule has 1 aromatic carbocycles. The lowest BCUT2D eigenvalue weighted by Gasteiger charge is -2.06. The van der Waals surface area contributed by atoms with Crippen molar-refractivity contribution in [1.82, 2.24) is 0 Å². The second-order valence-corrected chi connectivity index (χ2v) is 3.35. The van der Waals surface area contributed by atoms with Crippen LogP contribution >= 0.6 is 0 Å². The molecule has 0 aliphatic rings. The van der Waals surface area contributed by atoms with Crippen LogP contribution in [0.1, 0.15) is 12.5 Å². The normalized spacial score (nSPS) is 9.13. The summed E-state index contributed by atoms with van der Waals surface area (Å²) in [7, 11) is 0. The van der Waals surface area contributed by atoms with E-state index in [4.69, 9.17) is 6.57 Å². The van der Waals surface area contributed by atoms with Crippen LogP contribution in [0.15, 0.2) is 30.4 Å². The van der Waals surface area contributed by atoms with Crippen LogP contribution < -0.4 is 5.32 Å². The quantitative estimate of drug-likeness (QED) is 0.577. The maximum atomic E-state index is 11.3. The third-order valence-electron chi connectivity index (χ3n) is 1.96. The van der Waals surface area contributed by atoms with Gasteiger partial charge >= 0.3 is 0 Å². The van der Waals surface area contributed by atoms with Crippen molar-refractivity contribution in [2.45, 2.75) is 13.8 Å². The first-order chi connectivity index (χ1) is 7.04. The molecular weight excluding hydrogens is 188 g/mol. The number of nitrogens with zero attached hydrogens (tertiary/aromatic N) is 1. The molecule has 1 rings (SSSR count). The van der Waals surface area contributed by atoms with Crippen LogP contribution in [0, 0.1) is 13.5 Å². The highest BCUT2D eigenvalue weighted by Gasteiger charge is 2.04. The molecule has 0 aliphatic heterocycles. The first kappa shape index (κ1) is 11.0. The van der Waals surface area contributed by atoms with Gasteiger partial charge in [0.15, 0.2) is 5.69 Å². The van der Waals surface area contributed by atoms with Crippen LogP contribution in [-0.2, 0) is 4.79 Å². The maximum Gasteiger partial charge on any atom is 0.250 e. The molecule has 0 unspecified atom stereocenters. The number of carbonyl (C=O) groups is 1. The summed E-state index contributed by atoms with van der Waals surface area (Å²) in [5.41, 5.74) is 2.60. The van der Waals surface area contributed by atoms with Gasteiger partial charge in [-0.2, -0.15) is 0 Å². The Bertz CT molecular complexity index is 455. The third-order valence-corrected chi connectivity index (χ3v) is 1.96. The molecule has 0 heterocycles. The summed E-state index contributed by atoms with van der Waals surface area (Å²) in [4.78, 5) is 14.7. The van der Waals surface area contributed by atoms with Crippen LogP contribution in [0.3, 0.4) is 0 Å². The number of hydrogen-bond acceptors (Lipinski definition) is 1. The Morgan fingerprint density at radius 2 is 2.20 bits per heavy atom. The number of carbonyl (C=O) groups excluding carboxylic acids is 1. The Kier molecular flexibility index (Phi) is 3.25. The Morgan fingerprint density at radius 1 is 1.53 bits per heavy atom. The van der Waals surface area contributed by atoms with E-state index in [1.807, 2.05) is 6.92 Å². The molecule has 0 bridgehead atoms. The second kappa shape index (κ2) is 4.43. The predicted molar refractivity (Wildman–Crippen MR) is 60.9 cm³/mol. The number of benzene rings is 1. The van der Waals surface area contributed by atoms with Crippen molar-refractivity contribution in [2.24, 2.45) is 0 Å². The van der Waals surface area contributed by atoms with Gasteiger partial charge in [0.05, 0.1) is 6.57 Å². The SMILES string of the molecule is [C-]#[N+]c1ccc(NC(=O)C(=C)C)cc1C. The van der Waals surface area contributed by atoms with E-state index in [1.54, 1.807) is 25.1 Å². The number of amides is 1. The largest absolute Gasteiger partial charge is 0.322 e. The Labute approximate surface area is 89.2 Å². The molecule has 1 amide bonds. The Morgan fingerprint density at radius 3 is 2.67 bits per heavy atom. The zero-order valence-corrected chi connectivity index (χ0v) is 8.79. The van der Waals surface area contributed by atoms with Gasteiger partial charge in [-0.1, -0.05) is 12.6 Å². The van der Waals surface area contributed by atoms with Crippen molar-refractivity contribution < 1.29 is 4.79 Å². The van der Waals surface area contributed by atoms with Gasteiger partial charge in [0, 0.05) is 11.3 Å². The van der Waals surface area contributed by atoms with Crippen molar-refractivity contribution in [1.29, 1.82) is 0 Å². The van der Waals surface area contributed by atoms with E-state index in [0.717, 1.165) is 5.56 Å². The van der Waals surface area contributed by atoms with Gasteiger partial charge in [0.25, 0.3) is 5.91 Å². The molecule has 0 radical (unpaired) electrons. The van der Waals surface area contributed by atoms with Crippen LogP contribution in [0.5, 0.6) is 0 Å².